The number of carbonyl (C=O) groups is 1. The summed E-state index contributed by atoms with van der Waals surface area (Å²) in [5.74, 6) is 0.409. The number of fused-ring (bicyclic) bond motifs is 1. The first-order chi connectivity index (χ1) is 12.5. The molecule has 4 rings (SSSR count). The van der Waals surface area contributed by atoms with Crippen LogP contribution in [0.2, 0.25) is 0 Å². The van der Waals surface area contributed by atoms with E-state index in [1.54, 1.807) is 17.9 Å². The van der Waals surface area contributed by atoms with E-state index >= 15 is 0 Å². The second kappa shape index (κ2) is 6.81. The van der Waals surface area contributed by atoms with Crippen LogP contribution in [0.25, 0.3) is 10.2 Å². The van der Waals surface area contributed by atoms with Crippen LogP contribution in [0.3, 0.4) is 0 Å². The van der Waals surface area contributed by atoms with Crippen molar-refractivity contribution in [2.24, 2.45) is 0 Å². The van der Waals surface area contributed by atoms with Gasteiger partial charge in [-0.15, -0.1) is 0 Å². The summed E-state index contributed by atoms with van der Waals surface area (Å²) in [5.41, 5.74) is 3.59. The van der Waals surface area contributed by atoms with E-state index in [0.717, 1.165) is 35.2 Å². The molecule has 6 nitrogen and oxygen atoms in total. The first kappa shape index (κ1) is 17.2. The van der Waals surface area contributed by atoms with Crippen molar-refractivity contribution in [3.05, 3.63) is 40.8 Å². The Morgan fingerprint density at radius 2 is 2.19 bits per heavy atom. The number of rotatable bonds is 4. The van der Waals surface area contributed by atoms with Gasteiger partial charge in [0.25, 0.3) is 5.91 Å². The molecule has 2 aromatic heterocycles. The van der Waals surface area contributed by atoms with Crippen LogP contribution in [0.5, 0.6) is 0 Å². The average Bonchev–Trinajstić information content (AvgIpc) is 3.36. The van der Waals surface area contributed by atoms with Gasteiger partial charge in [-0.2, -0.15) is 0 Å². The minimum atomic E-state index is -0.203. The number of carbonyl (C=O) groups excluding carboxylic acids is 1. The summed E-state index contributed by atoms with van der Waals surface area (Å²) >= 11 is 1.52. The molecule has 7 heteroatoms. The summed E-state index contributed by atoms with van der Waals surface area (Å²) < 4.78 is 11.9. The molecule has 136 valence electrons. The summed E-state index contributed by atoms with van der Waals surface area (Å²) in [6.07, 6.45) is 2.00. The molecule has 1 fully saturated rings. The topological polar surface area (TPSA) is 68.5 Å². The molecule has 0 bridgehead atoms. The highest BCUT2D eigenvalue weighted by atomic mass is 32.1. The van der Waals surface area contributed by atoms with E-state index in [2.05, 4.69) is 31.1 Å². The fourth-order valence-corrected chi connectivity index (χ4v) is 4.21. The molecule has 3 aromatic rings. The summed E-state index contributed by atoms with van der Waals surface area (Å²) in [5, 5.41) is 4.57. The zero-order valence-corrected chi connectivity index (χ0v) is 15.9. The number of amides is 1. The number of nitrogens with zero attached hydrogens (tertiary/aromatic N) is 3. The van der Waals surface area contributed by atoms with Gasteiger partial charge in [-0.25, -0.2) is 4.98 Å². The Labute approximate surface area is 155 Å². The van der Waals surface area contributed by atoms with E-state index < -0.39 is 0 Å². The molecule has 1 aliphatic heterocycles. The number of ether oxygens (including phenoxy) is 1. The Kier molecular flexibility index (Phi) is 4.50. The molecule has 26 heavy (non-hydrogen) atoms. The number of aromatic nitrogens is 2. The molecule has 1 aromatic carbocycles. The van der Waals surface area contributed by atoms with Crippen molar-refractivity contribution >= 4 is 32.6 Å². The fraction of sp³-hybridized carbons (Fsp3) is 0.421. The van der Waals surface area contributed by atoms with Gasteiger partial charge in [0.2, 0.25) is 0 Å². The lowest BCUT2D eigenvalue weighted by molar-refractivity contribution is 0.0910. The second-order valence-corrected chi connectivity index (χ2v) is 7.73. The van der Waals surface area contributed by atoms with Crippen LogP contribution in [0.1, 0.15) is 40.2 Å². The van der Waals surface area contributed by atoms with Crippen molar-refractivity contribution in [2.75, 3.05) is 18.1 Å². The maximum Gasteiger partial charge on any atom is 0.282 e. The average molecular weight is 371 g/mol. The lowest BCUT2D eigenvalue weighted by Gasteiger charge is -2.21. The number of thiazole rings is 1. The van der Waals surface area contributed by atoms with Crippen LogP contribution < -0.4 is 4.90 Å². The van der Waals surface area contributed by atoms with E-state index in [0.29, 0.717) is 23.1 Å². The predicted molar refractivity (Wildman–Crippen MR) is 101 cm³/mol. The molecule has 1 atom stereocenters. The monoisotopic (exact) mass is 371 g/mol. The van der Waals surface area contributed by atoms with Gasteiger partial charge in [-0.05, 0) is 50.8 Å². The zero-order valence-electron chi connectivity index (χ0n) is 15.1. The first-order valence-electron chi connectivity index (χ1n) is 8.76. The molecule has 3 heterocycles. The summed E-state index contributed by atoms with van der Waals surface area (Å²) in [6, 6.07) is 5.81. The van der Waals surface area contributed by atoms with Crippen LogP contribution >= 0.6 is 11.3 Å². The quantitative estimate of drug-likeness (QED) is 0.692. The maximum atomic E-state index is 13.1. The molecule has 1 saturated heterocycles. The van der Waals surface area contributed by atoms with E-state index in [1.165, 1.54) is 16.9 Å². The summed E-state index contributed by atoms with van der Waals surface area (Å²) in [4.78, 5) is 19.6. The highest BCUT2D eigenvalue weighted by Crippen LogP contribution is 2.33. The van der Waals surface area contributed by atoms with Crippen LogP contribution in [-0.4, -0.2) is 35.3 Å². The molecule has 0 saturated carbocycles. The minimum Gasteiger partial charge on any atom is -0.376 e. The SMILES string of the molecule is Cc1cc(C(=O)N(CC2CCCO2)c2nc3c(C)c(C)ccc3s2)no1. The van der Waals surface area contributed by atoms with Gasteiger partial charge < -0.3 is 9.26 Å². The molecular weight excluding hydrogens is 350 g/mol. The van der Waals surface area contributed by atoms with Crippen LogP contribution in [-0.2, 0) is 4.74 Å². The van der Waals surface area contributed by atoms with E-state index in [-0.39, 0.29) is 12.0 Å². The van der Waals surface area contributed by atoms with Crippen molar-refractivity contribution in [3.8, 4) is 0 Å². The molecule has 0 aliphatic carbocycles. The molecule has 1 amide bonds. The molecule has 0 N–H and O–H groups in total. The van der Waals surface area contributed by atoms with E-state index in [9.17, 15) is 4.79 Å². The third-order valence-corrected chi connectivity index (χ3v) is 5.85. The van der Waals surface area contributed by atoms with Gasteiger partial charge in [-0.1, -0.05) is 22.6 Å². The van der Waals surface area contributed by atoms with Crippen molar-refractivity contribution in [2.45, 2.75) is 39.7 Å². The van der Waals surface area contributed by atoms with Crippen LogP contribution in [0, 0.1) is 20.8 Å². The summed E-state index contributed by atoms with van der Waals surface area (Å²) in [7, 11) is 0. The number of aryl methyl sites for hydroxylation is 3. The van der Waals surface area contributed by atoms with Gasteiger partial charge in [0.1, 0.15) is 5.76 Å². The zero-order chi connectivity index (χ0) is 18.3. The highest BCUT2D eigenvalue weighted by Gasteiger charge is 2.28. The smallest absolute Gasteiger partial charge is 0.282 e. The van der Waals surface area contributed by atoms with Crippen molar-refractivity contribution in [1.82, 2.24) is 10.1 Å². The predicted octanol–water partition coefficient (Wildman–Crippen LogP) is 4.04. The fourth-order valence-electron chi connectivity index (χ4n) is 3.18. The molecule has 1 unspecified atom stereocenters. The Morgan fingerprint density at radius 3 is 2.88 bits per heavy atom. The normalized spacial score (nSPS) is 17.1. The number of hydrogen-bond acceptors (Lipinski definition) is 6. The molecule has 0 spiro atoms. The van der Waals surface area contributed by atoms with Crippen LogP contribution in [0.4, 0.5) is 5.13 Å². The lowest BCUT2D eigenvalue weighted by Crippen LogP contribution is -2.37. The highest BCUT2D eigenvalue weighted by molar-refractivity contribution is 7.22. The third-order valence-electron chi connectivity index (χ3n) is 4.81. The Morgan fingerprint density at radius 1 is 1.35 bits per heavy atom. The number of benzene rings is 1. The largest absolute Gasteiger partial charge is 0.376 e. The first-order valence-corrected chi connectivity index (χ1v) is 9.58. The van der Waals surface area contributed by atoms with Gasteiger partial charge >= 0.3 is 0 Å². The van der Waals surface area contributed by atoms with Crippen molar-refractivity contribution < 1.29 is 14.1 Å². The Balaban J connectivity index is 1.74. The summed E-state index contributed by atoms with van der Waals surface area (Å²) in [6.45, 7) is 7.13. The van der Waals surface area contributed by atoms with Crippen molar-refractivity contribution in [1.29, 1.82) is 0 Å². The van der Waals surface area contributed by atoms with Gasteiger partial charge in [-0.3, -0.25) is 9.69 Å². The molecular formula is C19H21N3O3S. The van der Waals surface area contributed by atoms with E-state index in [4.69, 9.17) is 14.2 Å². The van der Waals surface area contributed by atoms with Gasteiger partial charge in [0.05, 0.1) is 22.9 Å². The second-order valence-electron chi connectivity index (χ2n) is 6.72. The minimum absolute atomic E-state index is 0.0294. The van der Waals surface area contributed by atoms with Crippen LogP contribution in [0.15, 0.2) is 22.7 Å². The Bertz CT molecular complexity index is 956. The maximum absolute atomic E-state index is 13.1. The lowest BCUT2D eigenvalue weighted by atomic mass is 10.1. The van der Waals surface area contributed by atoms with Crippen molar-refractivity contribution in [3.63, 3.8) is 0 Å². The molecule has 0 radical (unpaired) electrons. The Hall–Kier alpha value is -2.25. The van der Waals surface area contributed by atoms with Gasteiger partial charge in [0.15, 0.2) is 10.8 Å². The van der Waals surface area contributed by atoms with Gasteiger partial charge in [0, 0.05) is 12.7 Å². The third kappa shape index (κ3) is 3.12. The number of hydrogen-bond donors (Lipinski definition) is 0. The number of anilines is 1. The standard InChI is InChI=1S/C19H21N3O3S/c1-11-6-7-16-17(13(11)3)20-19(26-16)22(10-14-5-4-8-24-14)18(23)15-9-12(2)25-21-15/h6-7,9,14H,4-5,8,10H2,1-3H3. The molecule has 1 aliphatic rings. The van der Waals surface area contributed by atoms with E-state index in [1.807, 2.05) is 0 Å².